The Kier molecular flexibility index (Phi) is 7.49. The number of hydrogen-bond acceptors (Lipinski definition) is 4. The zero-order valence-electron chi connectivity index (χ0n) is 15.1. The van der Waals surface area contributed by atoms with Gasteiger partial charge in [0.15, 0.2) is 6.61 Å². The Morgan fingerprint density at radius 1 is 0.923 bits per heavy atom. The molecule has 2 aromatic rings. The first-order chi connectivity index (χ1) is 12.6. The van der Waals surface area contributed by atoms with Gasteiger partial charge < -0.3 is 20.1 Å². The van der Waals surface area contributed by atoms with Crippen molar-refractivity contribution < 1.29 is 19.1 Å². The van der Waals surface area contributed by atoms with Crippen molar-refractivity contribution in [1.29, 1.82) is 0 Å². The zero-order valence-corrected chi connectivity index (χ0v) is 15.1. The monoisotopic (exact) mass is 356 g/mol. The van der Waals surface area contributed by atoms with E-state index in [2.05, 4.69) is 10.6 Å². The highest BCUT2D eigenvalue weighted by molar-refractivity contribution is 5.77. The van der Waals surface area contributed by atoms with Crippen LogP contribution in [0.15, 0.2) is 48.5 Å². The number of carbonyl (C=O) groups is 2. The van der Waals surface area contributed by atoms with Gasteiger partial charge in [-0.3, -0.25) is 4.79 Å². The lowest BCUT2D eigenvalue weighted by Gasteiger charge is -2.11. The summed E-state index contributed by atoms with van der Waals surface area (Å²) in [5, 5.41) is 5.26. The third-order valence-electron chi connectivity index (χ3n) is 3.84. The molecule has 0 saturated heterocycles. The van der Waals surface area contributed by atoms with Crippen molar-refractivity contribution >= 4 is 12.0 Å². The smallest absolute Gasteiger partial charge is 0.407 e. The van der Waals surface area contributed by atoms with E-state index in [0.717, 1.165) is 16.7 Å². The SMILES string of the molecule is Cc1cccc(OCC(=O)NCCNC(=O)OCc2ccccc2)c1C. The van der Waals surface area contributed by atoms with Gasteiger partial charge in [-0.1, -0.05) is 42.5 Å². The summed E-state index contributed by atoms with van der Waals surface area (Å²) in [6.07, 6.45) is -0.519. The van der Waals surface area contributed by atoms with Gasteiger partial charge in [0.1, 0.15) is 12.4 Å². The van der Waals surface area contributed by atoms with Crippen LogP contribution in [0.25, 0.3) is 0 Å². The van der Waals surface area contributed by atoms with E-state index in [1.807, 2.05) is 62.4 Å². The summed E-state index contributed by atoms with van der Waals surface area (Å²) < 4.78 is 10.6. The molecule has 0 aliphatic rings. The van der Waals surface area contributed by atoms with Crippen LogP contribution in [0.4, 0.5) is 4.79 Å². The van der Waals surface area contributed by atoms with Gasteiger partial charge in [0.25, 0.3) is 5.91 Å². The number of amides is 2. The van der Waals surface area contributed by atoms with E-state index in [9.17, 15) is 9.59 Å². The molecule has 0 heterocycles. The first-order valence-corrected chi connectivity index (χ1v) is 8.46. The van der Waals surface area contributed by atoms with E-state index in [1.165, 1.54) is 0 Å². The fourth-order valence-corrected chi connectivity index (χ4v) is 2.22. The van der Waals surface area contributed by atoms with Crippen LogP contribution in [-0.4, -0.2) is 31.7 Å². The van der Waals surface area contributed by atoms with E-state index >= 15 is 0 Å². The number of ether oxygens (including phenoxy) is 2. The molecular weight excluding hydrogens is 332 g/mol. The maximum Gasteiger partial charge on any atom is 0.407 e. The predicted molar refractivity (Wildman–Crippen MR) is 99.1 cm³/mol. The van der Waals surface area contributed by atoms with Gasteiger partial charge >= 0.3 is 6.09 Å². The van der Waals surface area contributed by atoms with Gasteiger partial charge in [0, 0.05) is 13.1 Å². The Morgan fingerprint density at radius 3 is 2.42 bits per heavy atom. The van der Waals surface area contributed by atoms with Crippen LogP contribution in [0.1, 0.15) is 16.7 Å². The van der Waals surface area contributed by atoms with Crippen molar-refractivity contribution in [1.82, 2.24) is 10.6 Å². The Balaban J connectivity index is 1.58. The van der Waals surface area contributed by atoms with Crippen LogP contribution in [0.5, 0.6) is 5.75 Å². The zero-order chi connectivity index (χ0) is 18.8. The van der Waals surface area contributed by atoms with Crippen molar-refractivity contribution in [2.45, 2.75) is 20.5 Å². The molecule has 0 saturated carbocycles. The summed E-state index contributed by atoms with van der Waals surface area (Å²) in [4.78, 5) is 23.4. The summed E-state index contributed by atoms with van der Waals surface area (Å²) in [5.41, 5.74) is 3.05. The Labute approximate surface area is 153 Å². The summed E-state index contributed by atoms with van der Waals surface area (Å²) in [6, 6.07) is 15.1. The molecule has 0 aromatic heterocycles. The molecule has 2 amide bonds. The minimum Gasteiger partial charge on any atom is -0.483 e. The molecule has 0 bridgehead atoms. The quantitative estimate of drug-likeness (QED) is 0.713. The van der Waals surface area contributed by atoms with Crippen molar-refractivity contribution in [2.24, 2.45) is 0 Å². The van der Waals surface area contributed by atoms with Crippen molar-refractivity contribution in [2.75, 3.05) is 19.7 Å². The molecule has 0 spiro atoms. The second-order valence-corrected chi connectivity index (χ2v) is 5.83. The number of hydrogen-bond donors (Lipinski definition) is 2. The Hall–Kier alpha value is -3.02. The molecule has 0 aliphatic heterocycles. The average molecular weight is 356 g/mol. The topological polar surface area (TPSA) is 76.7 Å². The standard InChI is InChI=1S/C20H24N2O4/c1-15-7-6-10-18(16(15)2)25-14-19(23)21-11-12-22-20(24)26-13-17-8-4-3-5-9-17/h3-10H,11-14H2,1-2H3,(H,21,23)(H,22,24). The van der Waals surface area contributed by atoms with Gasteiger partial charge in [-0.2, -0.15) is 0 Å². The molecule has 6 nitrogen and oxygen atoms in total. The molecule has 138 valence electrons. The minimum atomic E-state index is -0.519. The number of nitrogens with one attached hydrogen (secondary N) is 2. The largest absolute Gasteiger partial charge is 0.483 e. The lowest BCUT2D eigenvalue weighted by atomic mass is 10.1. The molecular formula is C20H24N2O4. The number of aryl methyl sites for hydroxylation is 1. The highest BCUT2D eigenvalue weighted by atomic mass is 16.5. The molecule has 0 atom stereocenters. The summed E-state index contributed by atoms with van der Waals surface area (Å²) in [7, 11) is 0. The second kappa shape index (κ2) is 10.1. The second-order valence-electron chi connectivity index (χ2n) is 5.83. The lowest BCUT2D eigenvalue weighted by Crippen LogP contribution is -2.37. The molecule has 2 aromatic carbocycles. The van der Waals surface area contributed by atoms with Crippen molar-refractivity contribution in [3.63, 3.8) is 0 Å². The van der Waals surface area contributed by atoms with E-state index < -0.39 is 6.09 Å². The lowest BCUT2D eigenvalue weighted by molar-refractivity contribution is -0.123. The maximum absolute atomic E-state index is 11.8. The van der Waals surface area contributed by atoms with Crippen LogP contribution < -0.4 is 15.4 Å². The van der Waals surface area contributed by atoms with E-state index in [1.54, 1.807) is 0 Å². The van der Waals surface area contributed by atoms with E-state index in [0.29, 0.717) is 12.3 Å². The van der Waals surface area contributed by atoms with Gasteiger partial charge in [-0.05, 0) is 36.6 Å². The highest BCUT2D eigenvalue weighted by Gasteiger charge is 2.06. The van der Waals surface area contributed by atoms with Gasteiger partial charge in [-0.15, -0.1) is 0 Å². The van der Waals surface area contributed by atoms with Crippen molar-refractivity contribution in [3.05, 3.63) is 65.2 Å². The molecule has 2 rings (SSSR count). The number of alkyl carbamates (subject to hydrolysis) is 1. The number of carbonyl (C=O) groups excluding carboxylic acids is 2. The predicted octanol–water partition coefficient (Wildman–Crippen LogP) is 2.72. The highest BCUT2D eigenvalue weighted by Crippen LogP contribution is 2.20. The van der Waals surface area contributed by atoms with E-state index in [-0.39, 0.29) is 25.7 Å². The summed E-state index contributed by atoms with van der Waals surface area (Å²) in [5.74, 6) is 0.452. The Morgan fingerprint density at radius 2 is 1.65 bits per heavy atom. The third kappa shape index (κ3) is 6.47. The van der Waals surface area contributed by atoms with E-state index in [4.69, 9.17) is 9.47 Å². The van der Waals surface area contributed by atoms with Gasteiger partial charge in [0.05, 0.1) is 0 Å². The molecule has 6 heteroatoms. The molecule has 0 unspecified atom stereocenters. The molecule has 26 heavy (non-hydrogen) atoms. The fraction of sp³-hybridized carbons (Fsp3) is 0.300. The molecule has 0 radical (unpaired) electrons. The minimum absolute atomic E-state index is 0.0667. The van der Waals surface area contributed by atoms with Crippen LogP contribution in [0, 0.1) is 13.8 Å². The first kappa shape index (κ1) is 19.3. The van der Waals surface area contributed by atoms with Crippen LogP contribution in [-0.2, 0) is 16.1 Å². The van der Waals surface area contributed by atoms with Crippen molar-refractivity contribution in [3.8, 4) is 5.75 Å². The third-order valence-corrected chi connectivity index (χ3v) is 3.84. The summed E-state index contributed by atoms with van der Waals surface area (Å²) >= 11 is 0. The van der Waals surface area contributed by atoms with Gasteiger partial charge in [0.2, 0.25) is 0 Å². The van der Waals surface area contributed by atoms with Gasteiger partial charge in [-0.25, -0.2) is 4.79 Å². The maximum atomic E-state index is 11.8. The van der Waals surface area contributed by atoms with Crippen LogP contribution in [0.2, 0.25) is 0 Å². The number of rotatable bonds is 8. The van der Waals surface area contributed by atoms with Crippen LogP contribution in [0.3, 0.4) is 0 Å². The number of benzene rings is 2. The molecule has 2 N–H and O–H groups in total. The molecule has 0 fully saturated rings. The fourth-order valence-electron chi connectivity index (χ4n) is 2.22. The average Bonchev–Trinajstić information content (AvgIpc) is 2.65. The normalized spacial score (nSPS) is 10.1. The summed E-state index contributed by atoms with van der Waals surface area (Å²) in [6.45, 7) is 4.67. The first-order valence-electron chi connectivity index (χ1n) is 8.46. The molecule has 0 aliphatic carbocycles. The van der Waals surface area contributed by atoms with Crippen LogP contribution >= 0.6 is 0 Å². The Bertz CT molecular complexity index is 732.